The maximum absolute atomic E-state index is 12.7. The third-order valence-corrected chi connectivity index (χ3v) is 4.20. The number of hydrogen-bond acceptors (Lipinski definition) is 1. The number of alkyl halides is 3. The molecule has 1 aliphatic carbocycles. The lowest BCUT2D eigenvalue weighted by atomic mass is 9.77. The monoisotopic (exact) mass is 255 g/mol. The molecule has 4 heteroatoms. The number of rotatable bonds is 2. The average molecular weight is 255 g/mol. The molecule has 1 N–H and O–H groups in total. The molecule has 1 heterocycles. The Balaban J connectivity index is 1.84. The van der Waals surface area contributed by atoms with E-state index in [1.807, 2.05) is 0 Å². The summed E-state index contributed by atoms with van der Waals surface area (Å²) >= 11 is 0. The molecule has 1 fully saturated rings. The molecule has 1 aromatic rings. The van der Waals surface area contributed by atoms with Crippen molar-refractivity contribution in [2.75, 3.05) is 11.9 Å². The van der Waals surface area contributed by atoms with Crippen LogP contribution in [0.1, 0.15) is 42.7 Å². The van der Waals surface area contributed by atoms with Crippen LogP contribution in [0.2, 0.25) is 0 Å². The van der Waals surface area contributed by atoms with Crippen LogP contribution in [0.5, 0.6) is 0 Å². The molecular formula is C14H16F3N. The summed E-state index contributed by atoms with van der Waals surface area (Å²) in [5.41, 5.74) is 1.22. The lowest BCUT2D eigenvalue weighted by molar-refractivity contribution is -0.137. The molecule has 1 unspecified atom stereocenters. The number of anilines is 1. The number of hydrogen-bond donors (Lipinski definition) is 1. The Hall–Kier alpha value is -1.19. The predicted molar refractivity (Wildman–Crippen MR) is 64.6 cm³/mol. The molecule has 1 aliphatic heterocycles. The maximum atomic E-state index is 12.7. The van der Waals surface area contributed by atoms with Gasteiger partial charge in [-0.15, -0.1) is 0 Å². The number of fused-ring (bicyclic) bond motifs is 1. The van der Waals surface area contributed by atoms with Gasteiger partial charge in [0.2, 0.25) is 0 Å². The first kappa shape index (κ1) is 11.9. The van der Waals surface area contributed by atoms with Crippen LogP contribution in [0, 0.1) is 5.92 Å². The molecule has 0 spiro atoms. The van der Waals surface area contributed by atoms with Crippen LogP contribution in [-0.4, -0.2) is 6.54 Å². The summed E-state index contributed by atoms with van der Waals surface area (Å²) in [6.07, 6.45) is 0.551. The van der Waals surface area contributed by atoms with E-state index >= 15 is 0 Å². The Morgan fingerprint density at radius 2 is 2.00 bits per heavy atom. The summed E-state index contributed by atoms with van der Waals surface area (Å²) in [6.45, 7) is 0.785. The fraction of sp³-hybridized carbons (Fsp3) is 0.571. The van der Waals surface area contributed by atoms with Crippen molar-refractivity contribution in [3.05, 3.63) is 29.3 Å². The van der Waals surface area contributed by atoms with Crippen molar-refractivity contribution in [2.24, 2.45) is 5.92 Å². The minimum Gasteiger partial charge on any atom is -0.384 e. The summed E-state index contributed by atoms with van der Waals surface area (Å²) in [6, 6.07) is 4.06. The zero-order valence-corrected chi connectivity index (χ0v) is 10.1. The van der Waals surface area contributed by atoms with Crippen LogP contribution in [0.15, 0.2) is 18.2 Å². The van der Waals surface area contributed by atoms with Gasteiger partial charge in [-0.1, -0.05) is 19.3 Å². The van der Waals surface area contributed by atoms with Gasteiger partial charge >= 0.3 is 6.18 Å². The van der Waals surface area contributed by atoms with Crippen molar-refractivity contribution in [1.29, 1.82) is 0 Å². The van der Waals surface area contributed by atoms with Gasteiger partial charge in [-0.25, -0.2) is 0 Å². The molecule has 0 aromatic heterocycles. The van der Waals surface area contributed by atoms with E-state index in [2.05, 4.69) is 5.32 Å². The summed E-state index contributed by atoms with van der Waals surface area (Å²) in [5, 5.41) is 3.22. The molecule has 1 atom stereocenters. The minimum atomic E-state index is -4.24. The molecular weight excluding hydrogens is 239 g/mol. The van der Waals surface area contributed by atoms with E-state index in [0.717, 1.165) is 36.2 Å². The zero-order chi connectivity index (χ0) is 12.8. The second-order valence-electron chi connectivity index (χ2n) is 5.41. The molecule has 2 aliphatic rings. The second kappa shape index (κ2) is 4.18. The Labute approximate surface area is 104 Å². The van der Waals surface area contributed by atoms with Gasteiger partial charge in [0.05, 0.1) is 5.56 Å². The molecule has 1 saturated carbocycles. The Kier molecular flexibility index (Phi) is 2.76. The van der Waals surface area contributed by atoms with E-state index in [1.54, 1.807) is 6.07 Å². The predicted octanol–water partition coefficient (Wildman–Crippen LogP) is 4.40. The molecule has 3 rings (SSSR count). The average Bonchev–Trinajstić information content (AvgIpc) is 2.64. The zero-order valence-electron chi connectivity index (χ0n) is 10.1. The highest BCUT2D eigenvalue weighted by atomic mass is 19.4. The van der Waals surface area contributed by atoms with E-state index in [0.29, 0.717) is 0 Å². The van der Waals surface area contributed by atoms with Crippen LogP contribution < -0.4 is 5.32 Å². The highest BCUT2D eigenvalue weighted by molar-refractivity contribution is 5.59. The fourth-order valence-corrected chi connectivity index (χ4v) is 2.92. The van der Waals surface area contributed by atoms with Crippen LogP contribution >= 0.6 is 0 Å². The molecule has 0 saturated heterocycles. The van der Waals surface area contributed by atoms with Gasteiger partial charge in [0, 0.05) is 18.2 Å². The Morgan fingerprint density at radius 3 is 2.61 bits per heavy atom. The third kappa shape index (κ3) is 2.08. The quantitative estimate of drug-likeness (QED) is 0.825. The van der Waals surface area contributed by atoms with Gasteiger partial charge in [-0.3, -0.25) is 0 Å². The normalized spacial score (nSPS) is 23.4. The van der Waals surface area contributed by atoms with E-state index in [-0.39, 0.29) is 5.92 Å². The lowest BCUT2D eigenvalue weighted by Crippen LogP contribution is -2.16. The topological polar surface area (TPSA) is 12.0 Å². The second-order valence-corrected chi connectivity index (χ2v) is 5.41. The minimum absolute atomic E-state index is 0.257. The van der Waals surface area contributed by atoms with Gasteiger partial charge in [0.25, 0.3) is 0 Å². The Bertz CT molecular complexity index is 449. The molecule has 98 valence electrons. The third-order valence-electron chi connectivity index (χ3n) is 4.20. The molecule has 0 bridgehead atoms. The molecule has 18 heavy (non-hydrogen) atoms. The number of benzene rings is 1. The van der Waals surface area contributed by atoms with Crippen LogP contribution in [-0.2, 0) is 6.18 Å². The van der Waals surface area contributed by atoms with Crippen molar-refractivity contribution in [3.63, 3.8) is 0 Å². The first-order valence-corrected chi connectivity index (χ1v) is 6.49. The molecule has 0 amide bonds. The van der Waals surface area contributed by atoms with Crippen LogP contribution in [0.25, 0.3) is 0 Å². The Morgan fingerprint density at radius 1 is 1.22 bits per heavy atom. The largest absolute Gasteiger partial charge is 0.416 e. The van der Waals surface area contributed by atoms with Crippen molar-refractivity contribution in [2.45, 2.75) is 37.8 Å². The summed E-state index contributed by atoms with van der Waals surface area (Å²) in [7, 11) is 0. The van der Waals surface area contributed by atoms with Crippen LogP contribution in [0.3, 0.4) is 0 Å². The SMILES string of the molecule is FC(F)(F)c1ccc2c(c1)C(CC1CCC1)CN2. The van der Waals surface area contributed by atoms with E-state index in [4.69, 9.17) is 0 Å². The first-order chi connectivity index (χ1) is 8.54. The van der Waals surface area contributed by atoms with Crippen molar-refractivity contribution in [1.82, 2.24) is 0 Å². The van der Waals surface area contributed by atoms with Crippen LogP contribution in [0.4, 0.5) is 18.9 Å². The molecule has 1 nitrogen and oxygen atoms in total. The summed E-state index contributed by atoms with van der Waals surface area (Å²) < 4.78 is 38.1. The van der Waals surface area contributed by atoms with Crippen molar-refractivity contribution in [3.8, 4) is 0 Å². The van der Waals surface area contributed by atoms with Gasteiger partial charge in [-0.05, 0) is 36.1 Å². The van der Waals surface area contributed by atoms with Crippen molar-refractivity contribution >= 4 is 5.69 Å². The van der Waals surface area contributed by atoms with Gasteiger partial charge < -0.3 is 5.32 Å². The van der Waals surface area contributed by atoms with Gasteiger partial charge in [0.1, 0.15) is 0 Å². The number of nitrogens with one attached hydrogen (secondary N) is 1. The van der Waals surface area contributed by atoms with E-state index < -0.39 is 11.7 Å². The lowest BCUT2D eigenvalue weighted by Gasteiger charge is -2.28. The number of halogens is 3. The maximum Gasteiger partial charge on any atom is 0.416 e. The van der Waals surface area contributed by atoms with E-state index in [9.17, 15) is 13.2 Å². The fourth-order valence-electron chi connectivity index (χ4n) is 2.92. The summed E-state index contributed by atoms with van der Waals surface area (Å²) in [5.74, 6) is 0.977. The van der Waals surface area contributed by atoms with Crippen molar-refractivity contribution < 1.29 is 13.2 Å². The van der Waals surface area contributed by atoms with Gasteiger partial charge in [-0.2, -0.15) is 13.2 Å². The summed E-state index contributed by atoms with van der Waals surface area (Å²) in [4.78, 5) is 0. The molecule has 1 aromatic carbocycles. The van der Waals surface area contributed by atoms with Gasteiger partial charge in [0.15, 0.2) is 0 Å². The highest BCUT2D eigenvalue weighted by Crippen LogP contribution is 2.42. The smallest absolute Gasteiger partial charge is 0.384 e. The standard InChI is InChI=1S/C14H16F3N/c15-14(16,17)11-4-5-13-12(7-11)10(8-18-13)6-9-2-1-3-9/h4-5,7,9-10,18H,1-3,6,8H2. The van der Waals surface area contributed by atoms with E-state index in [1.165, 1.54) is 25.3 Å². The first-order valence-electron chi connectivity index (χ1n) is 6.49. The molecule has 0 radical (unpaired) electrons. The highest BCUT2D eigenvalue weighted by Gasteiger charge is 2.34.